The van der Waals surface area contributed by atoms with Crippen molar-refractivity contribution in [3.8, 4) is 0 Å². The Morgan fingerprint density at radius 2 is 2.20 bits per heavy atom. The molecule has 0 aliphatic carbocycles. The number of hydrogen-bond donors (Lipinski definition) is 2. The van der Waals surface area contributed by atoms with Crippen LogP contribution in [0.15, 0.2) is 42.7 Å². The molecule has 1 aromatic heterocycles. The molecule has 0 fully saturated rings. The summed E-state index contributed by atoms with van der Waals surface area (Å²) in [6.07, 6.45) is 5.37. The molecule has 5 nitrogen and oxygen atoms in total. The molecule has 0 amide bonds. The van der Waals surface area contributed by atoms with E-state index in [4.69, 9.17) is 4.84 Å². The van der Waals surface area contributed by atoms with Crippen LogP contribution < -0.4 is 5.48 Å². The summed E-state index contributed by atoms with van der Waals surface area (Å²) in [6.45, 7) is 2.77. The average molecular weight is 273 g/mol. The van der Waals surface area contributed by atoms with Crippen LogP contribution in [0.3, 0.4) is 0 Å². The van der Waals surface area contributed by atoms with Gasteiger partial charge in [0.05, 0.1) is 5.56 Å². The second-order valence-corrected chi connectivity index (χ2v) is 4.78. The summed E-state index contributed by atoms with van der Waals surface area (Å²) in [4.78, 5) is 23.9. The first-order chi connectivity index (χ1) is 9.75. The third kappa shape index (κ3) is 4.51. The van der Waals surface area contributed by atoms with Crippen LogP contribution in [0.25, 0.3) is 0 Å². The Balaban J connectivity index is 1.63. The lowest BCUT2D eigenvalue weighted by molar-refractivity contribution is 0.0244. The highest BCUT2D eigenvalue weighted by Crippen LogP contribution is 2.07. The molecule has 2 rings (SSSR count). The quantitative estimate of drug-likeness (QED) is 0.600. The van der Waals surface area contributed by atoms with Crippen molar-refractivity contribution in [2.45, 2.75) is 19.8 Å². The molecule has 0 aliphatic heterocycles. The van der Waals surface area contributed by atoms with E-state index in [1.54, 1.807) is 18.3 Å². The number of hydrogen-bond acceptors (Lipinski definition) is 4. The number of benzene rings is 1. The number of nitrogens with zero attached hydrogens (tertiary/aromatic N) is 1. The molecule has 1 heterocycles. The van der Waals surface area contributed by atoms with Crippen molar-refractivity contribution in [1.82, 2.24) is 15.4 Å². The van der Waals surface area contributed by atoms with Gasteiger partial charge in [-0.15, -0.1) is 0 Å². The molecule has 2 aromatic rings. The number of imidazole rings is 1. The Hall–Kier alpha value is -2.14. The van der Waals surface area contributed by atoms with Gasteiger partial charge in [0, 0.05) is 25.4 Å². The Labute approximate surface area is 118 Å². The Morgan fingerprint density at radius 3 is 2.90 bits per heavy atom. The minimum Gasteiger partial charge on any atom is -0.367 e. The standard InChI is InChI=1S/C15H19N3O2/c1-12(11-14-16-9-10-17-14)7-8-18-20-15(19)13-5-3-2-4-6-13/h2-6,9-10,12,18H,7-8,11H2,1H3,(H,16,17)/t12-/m1/s1. The van der Waals surface area contributed by atoms with Crippen molar-refractivity contribution >= 4 is 5.97 Å². The minimum atomic E-state index is -0.357. The van der Waals surface area contributed by atoms with Crippen molar-refractivity contribution in [3.63, 3.8) is 0 Å². The second-order valence-electron chi connectivity index (χ2n) is 4.78. The fraction of sp³-hybridized carbons (Fsp3) is 0.333. The highest BCUT2D eigenvalue weighted by atomic mass is 16.7. The van der Waals surface area contributed by atoms with Gasteiger partial charge in [-0.3, -0.25) is 0 Å². The minimum absolute atomic E-state index is 0.357. The van der Waals surface area contributed by atoms with E-state index in [0.29, 0.717) is 18.0 Å². The molecule has 2 N–H and O–H groups in total. The first-order valence-electron chi connectivity index (χ1n) is 6.73. The van der Waals surface area contributed by atoms with Crippen LogP contribution in [-0.2, 0) is 11.3 Å². The Kier molecular flexibility index (Phi) is 5.32. The topological polar surface area (TPSA) is 67.0 Å². The molecule has 0 aliphatic rings. The van der Waals surface area contributed by atoms with Crippen molar-refractivity contribution in [2.24, 2.45) is 5.92 Å². The average Bonchev–Trinajstić information content (AvgIpc) is 2.97. The van der Waals surface area contributed by atoms with Crippen LogP contribution in [0.1, 0.15) is 29.5 Å². The van der Waals surface area contributed by atoms with Gasteiger partial charge in [-0.25, -0.2) is 9.78 Å². The molecular weight excluding hydrogens is 254 g/mol. The molecule has 0 bridgehead atoms. The normalized spacial score (nSPS) is 12.1. The number of aromatic nitrogens is 2. The Bertz CT molecular complexity index is 511. The molecule has 0 saturated heterocycles. The van der Waals surface area contributed by atoms with Crippen molar-refractivity contribution in [1.29, 1.82) is 0 Å². The van der Waals surface area contributed by atoms with E-state index >= 15 is 0 Å². The molecule has 0 spiro atoms. The molecule has 5 heteroatoms. The summed E-state index contributed by atoms with van der Waals surface area (Å²) in [5, 5.41) is 0. The summed E-state index contributed by atoms with van der Waals surface area (Å²) in [5.41, 5.74) is 3.26. The third-order valence-electron chi connectivity index (χ3n) is 3.01. The van der Waals surface area contributed by atoms with Gasteiger partial charge in [0.25, 0.3) is 0 Å². The first-order valence-corrected chi connectivity index (χ1v) is 6.73. The van der Waals surface area contributed by atoms with E-state index < -0.39 is 0 Å². The van der Waals surface area contributed by atoms with E-state index in [-0.39, 0.29) is 5.97 Å². The lowest BCUT2D eigenvalue weighted by atomic mass is 10.0. The van der Waals surface area contributed by atoms with E-state index in [0.717, 1.165) is 18.7 Å². The summed E-state index contributed by atoms with van der Waals surface area (Å²) in [5.74, 6) is 1.09. The predicted octanol–water partition coefficient (Wildman–Crippen LogP) is 2.34. The zero-order chi connectivity index (χ0) is 14.2. The zero-order valence-corrected chi connectivity index (χ0v) is 11.5. The highest BCUT2D eigenvalue weighted by molar-refractivity contribution is 5.89. The maximum Gasteiger partial charge on any atom is 0.356 e. The van der Waals surface area contributed by atoms with Crippen LogP contribution in [-0.4, -0.2) is 22.5 Å². The fourth-order valence-corrected chi connectivity index (χ4v) is 1.90. The van der Waals surface area contributed by atoms with Gasteiger partial charge in [0.2, 0.25) is 0 Å². The lowest BCUT2D eigenvalue weighted by Crippen LogP contribution is -2.22. The molecule has 106 valence electrons. The Morgan fingerprint density at radius 1 is 1.40 bits per heavy atom. The van der Waals surface area contributed by atoms with Gasteiger partial charge < -0.3 is 9.82 Å². The monoisotopic (exact) mass is 273 g/mol. The number of hydroxylamine groups is 1. The zero-order valence-electron chi connectivity index (χ0n) is 11.5. The summed E-state index contributed by atoms with van der Waals surface area (Å²) in [6, 6.07) is 8.93. The van der Waals surface area contributed by atoms with E-state index in [9.17, 15) is 4.79 Å². The molecule has 1 aromatic carbocycles. The first kappa shape index (κ1) is 14.3. The number of carbonyl (C=O) groups is 1. The number of aromatic amines is 1. The lowest BCUT2D eigenvalue weighted by Gasteiger charge is -2.10. The number of H-pyrrole nitrogens is 1. The van der Waals surface area contributed by atoms with Gasteiger partial charge in [-0.1, -0.05) is 25.1 Å². The third-order valence-corrected chi connectivity index (χ3v) is 3.01. The smallest absolute Gasteiger partial charge is 0.356 e. The largest absolute Gasteiger partial charge is 0.367 e. The maximum atomic E-state index is 11.6. The predicted molar refractivity (Wildman–Crippen MR) is 75.9 cm³/mol. The van der Waals surface area contributed by atoms with Crippen LogP contribution in [0.2, 0.25) is 0 Å². The molecule has 1 atom stereocenters. The summed E-state index contributed by atoms with van der Waals surface area (Å²) >= 11 is 0. The number of nitrogens with one attached hydrogen (secondary N) is 2. The maximum absolute atomic E-state index is 11.6. The van der Waals surface area contributed by atoms with E-state index in [2.05, 4.69) is 22.4 Å². The van der Waals surface area contributed by atoms with Gasteiger partial charge >= 0.3 is 5.97 Å². The molecule has 20 heavy (non-hydrogen) atoms. The van der Waals surface area contributed by atoms with Crippen LogP contribution in [0.5, 0.6) is 0 Å². The second kappa shape index (κ2) is 7.45. The van der Waals surface area contributed by atoms with Crippen LogP contribution in [0.4, 0.5) is 0 Å². The summed E-state index contributed by atoms with van der Waals surface area (Å²) in [7, 11) is 0. The highest BCUT2D eigenvalue weighted by Gasteiger charge is 2.08. The number of rotatable bonds is 7. The van der Waals surface area contributed by atoms with Gasteiger partial charge in [0.1, 0.15) is 5.82 Å². The molecular formula is C15H19N3O2. The molecule has 0 radical (unpaired) electrons. The molecule has 0 saturated carbocycles. The van der Waals surface area contributed by atoms with Crippen LogP contribution >= 0.6 is 0 Å². The molecule has 0 unspecified atom stereocenters. The van der Waals surface area contributed by atoms with Crippen molar-refractivity contribution in [2.75, 3.05) is 6.54 Å². The SMILES string of the molecule is C[C@H](CCNOC(=O)c1ccccc1)Cc1ncc[nH]1. The fourth-order valence-electron chi connectivity index (χ4n) is 1.90. The van der Waals surface area contributed by atoms with Gasteiger partial charge in [-0.2, -0.15) is 5.48 Å². The van der Waals surface area contributed by atoms with Gasteiger partial charge in [0.15, 0.2) is 0 Å². The van der Waals surface area contributed by atoms with Crippen molar-refractivity contribution < 1.29 is 9.63 Å². The van der Waals surface area contributed by atoms with Crippen LogP contribution in [0, 0.1) is 5.92 Å². The van der Waals surface area contributed by atoms with E-state index in [1.807, 2.05) is 24.4 Å². The summed E-state index contributed by atoms with van der Waals surface area (Å²) < 4.78 is 0. The van der Waals surface area contributed by atoms with Gasteiger partial charge in [-0.05, 0) is 24.5 Å². The van der Waals surface area contributed by atoms with Crippen molar-refractivity contribution in [3.05, 3.63) is 54.1 Å². The van der Waals surface area contributed by atoms with E-state index in [1.165, 1.54) is 0 Å². The number of carbonyl (C=O) groups excluding carboxylic acids is 1.